The molecular weight excluding hydrogens is 256 g/mol. The standard InChI is InChI=1S/C8H18O.Nd/c1-3-5-6-7-8(9)4-2;/h8-9H,3-7H2,1-2H3;. The molecule has 0 radical (unpaired) electrons. The monoisotopic (exact) mass is 272 g/mol. The van der Waals surface area contributed by atoms with Crippen molar-refractivity contribution < 1.29 is 45.9 Å². The van der Waals surface area contributed by atoms with Gasteiger partial charge < -0.3 is 5.11 Å². The fourth-order valence-electron chi connectivity index (χ4n) is 0.834. The van der Waals surface area contributed by atoms with Crippen molar-refractivity contribution in [2.24, 2.45) is 0 Å². The van der Waals surface area contributed by atoms with Gasteiger partial charge in [-0.3, -0.25) is 0 Å². The van der Waals surface area contributed by atoms with E-state index in [1.54, 1.807) is 0 Å². The van der Waals surface area contributed by atoms with E-state index in [0.717, 1.165) is 12.8 Å². The SMILES string of the molecule is CCCCCC(O)CC.[Nd]. The molecule has 0 fully saturated rings. The number of unbranched alkanes of at least 4 members (excludes halogenated alkanes) is 2. The molecule has 0 bridgehead atoms. The second-order valence-corrected chi connectivity index (χ2v) is 2.56. The first-order valence-electron chi connectivity index (χ1n) is 3.99. The van der Waals surface area contributed by atoms with Crippen LogP contribution in [-0.2, 0) is 0 Å². The minimum atomic E-state index is -0.0449. The van der Waals surface area contributed by atoms with Crippen LogP contribution in [0, 0.1) is 40.8 Å². The van der Waals surface area contributed by atoms with Gasteiger partial charge in [-0.05, 0) is 12.8 Å². The topological polar surface area (TPSA) is 20.2 Å². The molecule has 2 heteroatoms. The van der Waals surface area contributed by atoms with Gasteiger partial charge in [0.25, 0.3) is 0 Å². The van der Waals surface area contributed by atoms with Gasteiger partial charge in [-0.1, -0.05) is 33.1 Å². The summed E-state index contributed by atoms with van der Waals surface area (Å²) in [4.78, 5) is 0. The summed E-state index contributed by atoms with van der Waals surface area (Å²) in [5, 5.41) is 9.08. The van der Waals surface area contributed by atoms with E-state index in [2.05, 4.69) is 6.92 Å². The average molecular weight is 274 g/mol. The van der Waals surface area contributed by atoms with E-state index in [1.807, 2.05) is 6.92 Å². The van der Waals surface area contributed by atoms with Crippen LogP contribution in [-0.4, -0.2) is 11.2 Å². The predicted molar refractivity (Wildman–Crippen MR) is 40.4 cm³/mol. The van der Waals surface area contributed by atoms with Crippen molar-refractivity contribution in [3.63, 3.8) is 0 Å². The van der Waals surface area contributed by atoms with Crippen LogP contribution in [0.5, 0.6) is 0 Å². The summed E-state index contributed by atoms with van der Waals surface area (Å²) in [6.07, 6.45) is 5.55. The van der Waals surface area contributed by atoms with Gasteiger partial charge >= 0.3 is 0 Å². The van der Waals surface area contributed by atoms with Crippen molar-refractivity contribution in [2.75, 3.05) is 0 Å². The molecule has 0 saturated carbocycles. The van der Waals surface area contributed by atoms with E-state index in [-0.39, 0.29) is 46.9 Å². The molecule has 1 N–H and O–H groups in total. The Morgan fingerprint density at radius 2 is 1.80 bits per heavy atom. The van der Waals surface area contributed by atoms with Crippen LogP contribution in [0.25, 0.3) is 0 Å². The van der Waals surface area contributed by atoms with E-state index in [1.165, 1.54) is 19.3 Å². The predicted octanol–water partition coefficient (Wildman–Crippen LogP) is 2.34. The molecule has 60 valence electrons. The molecule has 0 heterocycles. The molecule has 0 aliphatic carbocycles. The molecule has 0 spiro atoms. The van der Waals surface area contributed by atoms with Gasteiger partial charge in [0.05, 0.1) is 6.10 Å². The Morgan fingerprint density at radius 3 is 2.20 bits per heavy atom. The van der Waals surface area contributed by atoms with E-state index < -0.39 is 0 Å². The smallest absolute Gasteiger partial charge is 0.0537 e. The molecule has 1 atom stereocenters. The Bertz CT molecular complexity index is 57.2. The second kappa shape index (κ2) is 10.3. The Morgan fingerprint density at radius 1 is 1.20 bits per heavy atom. The number of aliphatic hydroxyl groups excluding tert-OH is 1. The summed E-state index contributed by atoms with van der Waals surface area (Å²) >= 11 is 0. The van der Waals surface area contributed by atoms with Crippen LogP contribution < -0.4 is 0 Å². The fraction of sp³-hybridized carbons (Fsp3) is 1.00. The third-order valence-electron chi connectivity index (χ3n) is 1.61. The normalized spacial score (nSPS) is 12.3. The van der Waals surface area contributed by atoms with Crippen LogP contribution >= 0.6 is 0 Å². The maximum absolute atomic E-state index is 9.08. The Balaban J connectivity index is 0. The molecule has 0 saturated heterocycles. The summed E-state index contributed by atoms with van der Waals surface area (Å²) in [5.41, 5.74) is 0. The third-order valence-corrected chi connectivity index (χ3v) is 1.61. The van der Waals surface area contributed by atoms with Crippen LogP contribution in [0.2, 0.25) is 0 Å². The van der Waals surface area contributed by atoms with Crippen molar-refractivity contribution >= 4 is 0 Å². The molecule has 0 aromatic heterocycles. The second-order valence-electron chi connectivity index (χ2n) is 2.56. The van der Waals surface area contributed by atoms with Crippen molar-refractivity contribution in [3.8, 4) is 0 Å². The Kier molecular flexibility index (Phi) is 14.3. The summed E-state index contributed by atoms with van der Waals surface area (Å²) in [6.45, 7) is 4.20. The molecule has 0 aliphatic heterocycles. The van der Waals surface area contributed by atoms with Gasteiger partial charge in [0, 0.05) is 40.8 Å². The average Bonchev–Trinajstić information content (AvgIpc) is 1.89. The zero-order chi connectivity index (χ0) is 7.11. The Hall–Kier alpha value is 1.31. The molecule has 0 aromatic rings. The van der Waals surface area contributed by atoms with Crippen molar-refractivity contribution in [2.45, 2.75) is 52.1 Å². The fourth-order valence-corrected chi connectivity index (χ4v) is 0.834. The summed E-state index contributed by atoms with van der Waals surface area (Å²) in [5.74, 6) is 0. The summed E-state index contributed by atoms with van der Waals surface area (Å²) < 4.78 is 0. The zero-order valence-corrected chi connectivity index (χ0v) is 10.3. The number of aliphatic hydroxyl groups is 1. The summed E-state index contributed by atoms with van der Waals surface area (Å²) in [7, 11) is 0. The molecular formula is C8H18NdO. The van der Waals surface area contributed by atoms with Crippen molar-refractivity contribution in [1.82, 2.24) is 0 Å². The first kappa shape index (κ1) is 13.9. The van der Waals surface area contributed by atoms with Gasteiger partial charge in [0.1, 0.15) is 0 Å². The van der Waals surface area contributed by atoms with Gasteiger partial charge in [-0.15, -0.1) is 0 Å². The first-order valence-corrected chi connectivity index (χ1v) is 3.99. The van der Waals surface area contributed by atoms with Gasteiger partial charge in [0.2, 0.25) is 0 Å². The maximum Gasteiger partial charge on any atom is 0.0537 e. The minimum absolute atomic E-state index is 0. The summed E-state index contributed by atoms with van der Waals surface area (Å²) in [6, 6.07) is 0. The van der Waals surface area contributed by atoms with E-state index in [9.17, 15) is 0 Å². The van der Waals surface area contributed by atoms with Crippen molar-refractivity contribution in [1.29, 1.82) is 0 Å². The van der Waals surface area contributed by atoms with Gasteiger partial charge in [0.15, 0.2) is 0 Å². The third kappa shape index (κ3) is 9.31. The van der Waals surface area contributed by atoms with Gasteiger partial charge in [-0.25, -0.2) is 0 Å². The molecule has 0 amide bonds. The number of rotatable bonds is 5. The van der Waals surface area contributed by atoms with Crippen LogP contribution in [0.15, 0.2) is 0 Å². The van der Waals surface area contributed by atoms with E-state index in [0.29, 0.717) is 0 Å². The molecule has 1 nitrogen and oxygen atoms in total. The number of hydrogen-bond donors (Lipinski definition) is 1. The zero-order valence-electron chi connectivity index (χ0n) is 7.06. The largest absolute Gasteiger partial charge is 0.393 e. The molecule has 10 heavy (non-hydrogen) atoms. The molecule has 0 aromatic carbocycles. The van der Waals surface area contributed by atoms with E-state index in [4.69, 9.17) is 5.11 Å². The minimum Gasteiger partial charge on any atom is -0.393 e. The van der Waals surface area contributed by atoms with Crippen molar-refractivity contribution in [3.05, 3.63) is 0 Å². The number of hydrogen-bond acceptors (Lipinski definition) is 1. The molecule has 1 unspecified atom stereocenters. The quantitative estimate of drug-likeness (QED) is 0.763. The van der Waals surface area contributed by atoms with Crippen LogP contribution in [0.3, 0.4) is 0 Å². The molecule has 0 aliphatic rings. The Labute approximate surface area is 97.1 Å². The van der Waals surface area contributed by atoms with Crippen LogP contribution in [0.1, 0.15) is 46.0 Å². The molecule has 0 rings (SSSR count). The maximum atomic E-state index is 9.08. The van der Waals surface area contributed by atoms with Crippen LogP contribution in [0.4, 0.5) is 0 Å². The first-order chi connectivity index (χ1) is 4.31. The van der Waals surface area contributed by atoms with Gasteiger partial charge in [-0.2, -0.15) is 0 Å². The van der Waals surface area contributed by atoms with E-state index >= 15 is 0 Å².